The third kappa shape index (κ3) is 1.69. The van der Waals surface area contributed by atoms with Crippen LogP contribution in [0.4, 0.5) is 4.79 Å². The van der Waals surface area contributed by atoms with E-state index in [9.17, 15) is 9.90 Å². The Bertz CT molecular complexity index is 176. The van der Waals surface area contributed by atoms with Gasteiger partial charge in [-0.25, -0.2) is 4.79 Å². The van der Waals surface area contributed by atoms with E-state index < -0.39 is 5.60 Å². The average Bonchev–Trinajstić information content (AvgIpc) is 1.99. The van der Waals surface area contributed by atoms with E-state index in [1.807, 2.05) is 6.92 Å². The monoisotopic (exact) mass is 172 g/mol. The number of amides is 2. The Labute approximate surface area is 72.6 Å². The summed E-state index contributed by atoms with van der Waals surface area (Å²) in [6.07, 6.45) is 1.73. The van der Waals surface area contributed by atoms with E-state index >= 15 is 0 Å². The van der Waals surface area contributed by atoms with Crippen molar-refractivity contribution in [1.82, 2.24) is 10.2 Å². The first kappa shape index (κ1) is 9.32. The Balaban J connectivity index is 2.31. The molecule has 1 aliphatic heterocycles. The molecule has 2 amide bonds. The molecule has 4 heteroatoms. The number of carbonyl (C=O) groups is 1. The summed E-state index contributed by atoms with van der Waals surface area (Å²) in [6, 6.07) is -0.101. The van der Waals surface area contributed by atoms with E-state index in [2.05, 4.69) is 5.32 Å². The molecule has 0 unspecified atom stereocenters. The minimum Gasteiger partial charge on any atom is -0.386 e. The van der Waals surface area contributed by atoms with Crippen LogP contribution in [0.2, 0.25) is 0 Å². The predicted molar refractivity (Wildman–Crippen MR) is 45.9 cm³/mol. The number of aliphatic hydroxyl groups is 1. The second-order valence-corrected chi connectivity index (χ2v) is 3.39. The minimum absolute atomic E-state index is 0.101. The molecule has 0 bridgehead atoms. The molecule has 1 heterocycles. The van der Waals surface area contributed by atoms with E-state index in [1.165, 1.54) is 0 Å². The van der Waals surface area contributed by atoms with Gasteiger partial charge in [-0.3, -0.25) is 0 Å². The lowest BCUT2D eigenvalue weighted by molar-refractivity contribution is -0.0811. The zero-order valence-electron chi connectivity index (χ0n) is 7.63. The first-order chi connectivity index (χ1) is 5.61. The molecule has 0 aromatic carbocycles. The molecule has 1 rings (SSSR count). The standard InChI is InChI=1S/C8H16N2O2/c1-3-4-8(12)5-10(6-8)7(11)9-2/h12H,3-6H2,1-2H3,(H,9,11). The molecule has 12 heavy (non-hydrogen) atoms. The Morgan fingerprint density at radius 3 is 2.67 bits per heavy atom. The maximum atomic E-state index is 11.0. The number of nitrogens with one attached hydrogen (secondary N) is 1. The van der Waals surface area contributed by atoms with Gasteiger partial charge < -0.3 is 15.3 Å². The van der Waals surface area contributed by atoms with Gasteiger partial charge in [0, 0.05) is 7.05 Å². The van der Waals surface area contributed by atoms with Crippen LogP contribution in [0.25, 0.3) is 0 Å². The first-order valence-corrected chi connectivity index (χ1v) is 4.30. The Kier molecular flexibility index (Phi) is 2.57. The van der Waals surface area contributed by atoms with Crippen LogP contribution in [0.15, 0.2) is 0 Å². The van der Waals surface area contributed by atoms with Crippen LogP contribution in [-0.4, -0.2) is 41.8 Å². The molecule has 4 nitrogen and oxygen atoms in total. The number of hydrogen-bond acceptors (Lipinski definition) is 2. The fourth-order valence-corrected chi connectivity index (χ4v) is 1.59. The summed E-state index contributed by atoms with van der Waals surface area (Å²) >= 11 is 0. The Morgan fingerprint density at radius 2 is 2.25 bits per heavy atom. The molecule has 0 aromatic heterocycles. The molecule has 70 valence electrons. The summed E-state index contributed by atoms with van der Waals surface area (Å²) < 4.78 is 0. The highest BCUT2D eigenvalue weighted by Crippen LogP contribution is 2.25. The fourth-order valence-electron chi connectivity index (χ4n) is 1.59. The van der Waals surface area contributed by atoms with Gasteiger partial charge in [0.15, 0.2) is 0 Å². The molecule has 2 N–H and O–H groups in total. The molecule has 0 aromatic rings. The summed E-state index contributed by atoms with van der Waals surface area (Å²) in [4.78, 5) is 12.6. The number of hydrogen-bond donors (Lipinski definition) is 2. The maximum Gasteiger partial charge on any atom is 0.317 e. The normalized spacial score (nSPS) is 20.1. The zero-order chi connectivity index (χ0) is 9.19. The predicted octanol–water partition coefficient (Wildman–Crippen LogP) is 0.173. The van der Waals surface area contributed by atoms with Crippen molar-refractivity contribution in [2.75, 3.05) is 20.1 Å². The number of rotatable bonds is 2. The largest absolute Gasteiger partial charge is 0.386 e. The molecular formula is C8H16N2O2. The van der Waals surface area contributed by atoms with Crippen molar-refractivity contribution in [3.63, 3.8) is 0 Å². The van der Waals surface area contributed by atoms with Gasteiger partial charge in [0.2, 0.25) is 0 Å². The van der Waals surface area contributed by atoms with Gasteiger partial charge in [-0.15, -0.1) is 0 Å². The number of nitrogens with zero attached hydrogens (tertiary/aromatic N) is 1. The van der Waals surface area contributed by atoms with Crippen molar-refractivity contribution in [1.29, 1.82) is 0 Å². The lowest BCUT2D eigenvalue weighted by atomic mass is 9.90. The molecule has 1 saturated heterocycles. The highest BCUT2D eigenvalue weighted by Gasteiger charge is 2.42. The van der Waals surface area contributed by atoms with E-state index in [1.54, 1.807) is 11.9 Å². The van der Waals surface area contributed by atoms with E-state index in [-0.39, 0.29) is 6.03 Å². The molecule has 0 atom stereocenters. The molecule has 1 aliphatic rings. The van der Waals surface area contributed by atoms with Crippen LogP contribution >= 0.6 is 0 Å². The van der Waals surface area contributed by atoms with Crippen molar-refractivity contribution in [3.8, 4) is 0 Å². The number of β-amino-alcohol motifs (C(OH)–C–C–N with tert-alkyl or cyclic N) is 1. The van der Waals surface area contributed by atoms with E-state index in [0.717, 1.165) is 12.8 Å². The van der Waals surface area contributed by atoms with Gasteiger partial charge in [-0.05, 0) is 6.42 Å². The van der Waals surface area contributed by atoms with E-state index in [0.29, 0.717) is 13.1 Å². The van der Waals surface area contributed by atoms with Crippen LogP contribution in [0, 0.1) is 0 Å². The van der Waals surface area contributed by atoms with Crippen LogP contribution < -0.4 is 5.32 Å². The van der Waals surface area contributed by atoms with E-state index in [4.69, 9.17) is 0 Å². The lowest BCUT2D eigenvalue weighted by Gasteiger charge is -2.46. The topological polar surface area (TPSA) is 52.6 Å². The molecule has 0 aliphatic carbocycles. The Hall–Kier alpha value is -0.770. The lowest BCUT2D eigenvalue weighted by Crippen LogP contribution is -2.64. The third-order valence-corrected chi connectivity index (χ3v) is 2.19. The van der Waals surface area contributed by atoms with Crippen molar-refractivity contribution >= 4 is 6.03 Å². The molecular weight excluding hydrogens is 156 g/mol. The van der Waals surface area contributed by atoms with Gasteiger partial charge >= 0.3 is 6.03 Å². The number of carbonyl (C=O) groups excluding carboxylic acids is 1. The minimum atomic E-state index is -0.610. The summed E-state index contributed by atoms with van der Waals surface area (Å²) in [6.45, 7) is 2.97. The highest BCUT2D eigenvalue weighted by molar-refractivity contribution is 5.75. The smallest absolute Gasteiger partial charge is 0.317 e. The number of urea groups is 1. The maximum absolute atomic E-state index is 11.0. The van der Waals surface area contributed by atoms with Gasteiger partial charge in [0.1, 0.15) is 0 Å². The molecule has 0 saturated carbocycles. The van der Waals surface area contributed by atoms with Crippen LogP contribution in [0.5, 0.6) is 0 Å². The molecule has 0 spiro atoms. The summed E-state index contributed by atoms with van der Waals surface area (Å²) in [5, 5.41) is 12.2. The summed E-state index contributed by atoms with van der Waals surface area (Å²) in [5.74, 6) is 0. The summed E-state index contributed by atoms with van der Waals surface area (Å²) in [5.41, 5.74) is -0.610. The van der Waals surface area contributed by atoms with Gasteiger partial charge in [0.05, 0.1) is 18.7 Å². The van der Waals surface area contributed by atoms with Gasteiger partial charge in [-0.1, -0.05) is 13.3 Å². The average molecular weight is 172 g/mol. The Morgan fingerprint density at radius 1 is 1.67 bits per heavy atom. The SMILES string of the molecule is CCCC1(O)CN(C(=O)NC)C1. The van der Waals surface area contributed by atoms with Crippen LogP contribution in [-0.2, 0) is 0 Å². The quantitative estimate of drug-likeness (QED) is 0.624. The molecule has 1 fully saturated rings. The second-order valence-electron chi connectivity index (χ2n) is 3.39. The molecule has 0 radical (unpaired) electrons. The number of likely N-dealkylation sites (tertiary alicyclic amines) is 1. The third-order valence-electron chi connectivity index (χ3n) is 2.19. The second kappa shape index (κ2) is 3.31. The summed E-state index contributed by atoms with van der Waals surface area (Å²) in [7, 11) is 1.60. The van der Waals surface area contributed by atoms with Crippen molar-refractivity contribution in [2.24, 2.45) is 0 Å². The van der Waals surface area contributed by atoms with Crippen molar-refractivity contribution < 1.29 is 9.90 Å². The fraction of sp³-hybridized carbons (Fsp3) is 0.875. The van der Waals surface area contributed by atoms with Crippen LogP contribution in [0.3, 0.4) is 0 Å². The van der Waals surface area contributed by atoms with Crippen molar-refractivity contribution in [2.45, 2.75) is 25.4 Å². The van der Waals surface area contributed by atoms with Gasteiger partial charge in [-0.2, -0.15) is 0 Å². The first-order valence-electron chi connectivity index (χ1n) is 4.30. The van der Waals surface area contributed by atoms with Gasteiger partial charge in [0.25, 0.3) is 0 Å². The van der Waals surface area contributed by atoms with Crippen LogP contribution in [0.1, 0.15) is 19.8 Å². The van der Waals surface area contributed by atoms with Crippen molar-refractivity contribution in [3.05, 3.63) is 0 Å². The highest BCUT2D eigenvalue weighted by atomic mass is 16.3. The zero-order valence-corrected chi connectivity index (χ0v) is 7.63.